The maximum Gasteiger partial charge on any atom is 0.154 e. The third-order valence-corrected chi connectivity index (χ3v) is 5.35. The van der Waals surface area contributed by atoms with Crippen molar-refractivity contribution in [1.29, 1.82) is 0 Å². The van der Waals surface area contributed by atoms with E-state index in [1.165, 1.54) is 5.56 Å². The van der Waals surface area contributed by atoms with E-state index in [0.717, 1.165) is 37.5 Å². The molecule has 1 aromatic rings. The van der Waals surface area contributed by atoms with Crippen LogP contribution in [-0.2, 0) is 6.54 Å². The summed E-state index contributed by atoms with van der Waals surface area (Å²) >= 11 is 6.02. The highest BCUT2D eigenvalue weighted by atomic mass is 35.5. The highest BCUT2D eigenvalue weighted by Gasteiger charge is 2.37. The lowest BCUT2D eigenvalue weighted by atomic mass is 9.74. The zero-order valence-electron chi connectivity index (χ0n) is 13.2. The van der Waals surface area contributed by atoms with Crippen LogP contribution in [0.15, 0.2) is 53.6 Å². The highest BCUT2D eigenvalue weighted by Crippen LogP contribution is 2.36. The van der Waals surface area contributed by atoms with Crippen LogP contribution in [0.25, 0.3) is 0 Å². The van der Waals surface area contributed by atoms with Crippen LogP contribution in [0, 0.1) is 17.8 Å². The Labute approximate surface area is 142 Å². The molecule has 3 atom stereocenters. The number of aliphatic hydroxyl groups excluding tert-OH is 1. The van der Waals surface area contributed by atoms with Crippen LogP contribution in [-0.4, -0.2) is 34.5 Å². The van der Waals surface area contributed by atoms with Gasteiger partial charge in [-0.3, -0.25) is 4.90 Å². The number of hydrogen-bond acceptors (Lipinski definition) is 3. The average molecular weight is 334 g/mol. The number of rotatable bonds is 4. The molecule has 1 aromatic carbocycles. The van der Waals surface area contributed by atoms with E-state index in [2.05, 4.69) is 35.2 Å². The number of piperidine rings is 1. The molecule has 124 valence electrons. The molecular formula is C19H24ClNO2. The van der Waals surface area contributed by atoms with Gasteiger partial charge in [-0.1, -0.05) is 54.1 Å². The summed E-state index contributed by atoms with van der Waals surface area (Å²) < 4.78 is 0. The largest absolute Gasteiger partial charge is 0.368 e. The number of nitrogens with zero attached hydrogens (tertiary/aromatic N) is 1. The highest BCUT2D eigenvalue weighted by molar-refractivity contribution is 6.31. The molecule has 1 saturated heterocycles. The SMILES string of the molecule is OC(O)[C@H]1CCN(Cc2ccccc2)C[C@@H]1C1C=CC(Cl)=CC1. The molecule has 0 bridgehead atoms. The zero-order chi connectivity index (χ0) is 16.2. The van der Waals surface area contributed by atoms with Crippen molar-refractivity contribution < 1.29 is 10.2 Å². The number of likely N-dealkylation sites (tertiary alicyclic amines) is 1. The normalized spacial score (nSPS) is 28.9. The molecule has 0 spiro atoms. The van der Waals surface area contributed by atoms with Crippen molar-refractivity contribution in [2.45, 2.75) is 25.7 Å². The Morgan fingerprint density at radius 1 is 1.22 bits per heavy atom. The zero-order valence-corrected chi connectivity index (χ0v) is 13.9. The minimum Gasteiger partial charge on any atom is -0.368 e. The first kappa shape index (κ1) is 16.7. The number of halogens is 1. The fourth-order valence-electron chi connectivity index (χ4n) is 3.81. The van der Waals surface area contributed by atoms with Gasteiger partial charge in [-0.25, -0.2) is 0 Å². The van der Waals surface area contributed by atoms with Gasteiger partial charge in [-0.15, -0.1) is 0 Å². The third kappa shape index (κ3) is 4.24. The van der Waals surface area contributed by atoms with Gasteiger partial charge in [0.25, 0.3) is 0 Å². The number of benzene rings is 1. The third-order valence-electron chi connectivity index (χ3n) is 5.07. The van der Waals surface area contributed by atoms with Crippen LogP contribution in [0.1, 0.15) is 18.4 Å². The van der Waals surface area contributed by atoms with E-state index in [4.69, 9.17) is 11.6 Å². The quantitative estimate of drug-likeness (QED) is 0.832. The Balaban J connectivity index is 1.70. The molecule has 0 radical (unpaired) electrons. The van der Waals surface area contributed by atoms with E-state index < -0.39 is 6.29 Å². The van der Waals surface area contributed by atoms with E-state index in [1.807, 2.05) is 18.2 Å². The molecule has 2 N–H and O–H groups in total. The monoisotopic (exact) mass is 333 g/mol. The molecule has 2 aliphatic rings. The lowest BCUT2D eigenvalue weighted by Gasteiger charge is -2.42. The van der Waals surface area contributed by atoms with Crippen LogP contribution in [0.3, 0.4) is 0 Å². The molecule has 1 aliphatic carbocycles. The summed E-state index contributed by atoms with van der Waals surface area (Å²) in [5, 5.41) is 20.3. The molecule has 0 saturated carbocycles. The molecule has 1 heterocycles. The van der Waals surface area contributed by atoms with E-state index >= 15 is 0 Å². The van der Waals surface area contributed by atoms with Gasteiger partial charge in [0, 0.05) is 24.0 Å². The summed E-state index contributed by atoms with van der Waals surface area (Å²) in [5.74, 6) is 0.495. The van der Waals surface area contributed by atoms with Crippen LogP contribution in [0.4, 0.5) is 0 Å². The lowest BCUT2D eigenvalue weighted by Crippen LogP contribution is -2.46. The minimum absolute atomic E-state index is 0.0676. The molecule has 1 fully saturated rings. The standard InChI is InChI=1S/C19H24ClNO2/c20-16-8-6-15(7-9-16)18-13-21(11-10-17(18)19(22)23)12-14-4-2-1-3-5-14/h1-6,8-9,15,17-19,22-23H,7,10-13H2/t15?,17-,18+/m0/s1. The second kappa shape index (κ2) is 7.63. The van der Waals surface area contributed by atoms with Gasteiger partial charge in [0.1, 0.15) is 0 Å². The van der Waals surface area contributed by atoms with Crippen LogP contribution < -0.4 is 0 Å². The average Bonchev–Trinajstić information content (AvgIpc) is 2.56. The molecule has 3 nitrogen and oxygen atoms in total. The Bertz CT molecular complexity index is 570. The lowest BCUT2D eigenvalue weighted by molar-refractivity contribution is -0.124. The van der Waals surface area contributed by atoms with Crippen molar-refractivity contribution in [1.82, 2.24) is 4.90 Å². The van der Waals surface area contributed by atoms with Crippen LogP contribution in [0.2, 0.25) is 0 Å². The molecular weight excluding hydrogens is 310 g/mol. The van der Waals surface area contributed by atoms with Gasteiger partial charge in [-0.05, 0) is 42.9 Å². The number of allylic oxidation sites excluding steroid dienone is 4. The molecule has 1 aliphatic heterocycles. The summed E-state index contributed by atoms with van der Waals surface area (Å²) in [6.45, 7) is 2.71. The van der Waals surface area contributed by atoms with Gasteiger partial charge < -0.3 is 10.2 Å². The predicted octanol–water partition coefficient (Wildman–Crippen LogP) is 3.13. The summed E-state index contributed by atoms with van der Waals surface area (Å²) in [4.78, 5) is 2.42. The second-order valence-corrected chi connectivity index (χ2v) is 7.03. The van der Waals surface area contributed by atoms with E-state index in [9.17, 15) is 10.2 Å². The maximum atomic E-state index is 9.78. The van der Waals surface area contributed by atoms with Crippen LogP contribution >= 0.6 is 11.6 Å². The summed E-state index contributed by atoms with van der Waals surface area (Å²) in [6.07, 6.45) is 6.55. The molecule has 0 aromatic heterocycles. The Kier molecular flexibility index (Phi) is 5.54. The van der Waals surface area contributed by atoms with E-state index in [1.54, 1.807) is 0 Å². The molecule has 3 rings (SSSR count). The van der Waals surface area contributed by atoms with Gasteiger partial charge in [0.05, 0.1) is 0 Å². The van der Waals surface area contributed by atoms with E-state index in [0.29, 0.717) is 5.92 Å². The van der Waals surface area contributed by atoms with Crippen molar-refractivity contribution in [2.24, 2.45) is 17.8 Å². The van der Waals surface area contributed by atoms with E-state index in [-0.39, 0.29) is 11.8 Å². The van der Waals surface area contributed by atoms with Crippen molar-refractivity contribution >= 4 is 11.6 Å². The minimum atomic E-state index is -1.24. The van der Waals surface area contributed by atoms with Gasteiger partial charge in [-0.2, -0.15) is 0 Å². The first-order valence-corrected chi connectivity index (χ1v) is 8.67. The molecule has 23 heavy (non-hydrogen) atoms. The Hall–Kier alpha value is -1.13. The maximum absolute atomic E-state index is 9.78. The molecule has 1 unspecified atom stereocenters. The van der Waals surface area contributed by atoms with Crippen LogP contribution in [0.5, 0.6) is 0 Å². The van der Waals surface area contributed by atoms with Crippen molar-refractivity contribution in [3.63, 3.8) is 0 Å². The first-order chi connectivity index (χ1) is 11.1. The first-order valence-electron chi connectivity index (χ1n) is 8.30. The second-order valence-electron chi connectivity index (χ2n) is 6.60. The van der Waals surface area contributed by atoms with Gasteiger partial charge >= 0.3 is 0 Å². The topological polar surface area (TPSA) is 43.7 Å². The summed E-state index contributed by atoms with van der Waals surface area (Å²) in [5.41, 5.74) is 1.30. The predicted molar refractivity (Wildman–Crippen MR) is 92.7 cm³/mol. The van der Waals surface area contributed by atoms with Crippen molar-refractivity contribution in [3.05, 3.63) is 59.2 Å². The van der Waals surface area contributed by atoms with Gasteiger partial charge in [0.15, 0.2) is 6.29 Å². The molecule has 0 amide bonds. The summed E-state index contributed by atoms with van der Waals surface area (Å²) in [7, 11) is 0. The smallest absolute Gasteiger partial charge is 0.154 e. The summed E-state index contributed by atoms with van der Waals surface area (Å²) in [6, 6.07) is 10.4. The fraction of sp³-hybridized carbons (Fsp3) is 0.474. The fourth-order valence-corrected chi connectivity index (χ4v) is 3.97. The Morgan fingerprint density at radius 2 is 2.00 bits per heavy atom. The number of hydrogen-bond donors (Lipinski definition) is 2. The van der Waals surface area contributed by atoms with Crippen molar-refractivity contribution in [2.75, 3.05) is 13.1 Å². The Morgan fingerprint density at radius 3 is 2.65 bits per heavy atom. The van der Waals surface area contributed by atoms with Crippen molar-refractivity contribution in [3.8, 4) is 0 Å². The van der Waals surface area contributed by atoms with Gasteiger partial charge in [0.2, 0.25) is 0 Å². The molecule has 4 heteroatoms. The number of aliphatic hydroxyl groups is 2.